The van der Waals surface area contributed by atoms with E-state index in [9.17, 15) is 19.2 Å². The van der Waals surface area contributed by atoms with Gasteiger partial charge in [-0.25, -0.2) is 0 Å². The SMILES string of the molecule is O=C1CC(N(C(=O)CSCC(=O)c2ccccc2)C2CC2)C(=O)N1. The minimum atomic E-state index is -0.692. The second-order valence-electron chi connectivity index (χ2n) is 5.95. The Hall–Kier alpha value is -2.15. The molecule has 1 saturated heterocycles. The number of carbonyl (C=O) groups excluding carboxylic acids is 4. The molecule has 0 spiro atoms. The maximum absolute atomic E-state index is 12.5. The van der Waals surface area contributed by atoms with Crippen LogP contribution in [0, 0.1) is 0 Å². The summed E-state index contributed by atoms with van der Waals surface area (Å²) in [7, 11) is 0. The van der Waals surface area contributed by atoms with E-state index in [1.807, 2.05) is 6.07 Å². The molecule has 1 N–H and O–H groups in total. The lowest BCUT2D eigenvalue weighted by Crippen LogP contribution is -2.46. The van der Waals surface area contributed by atoms with Gasteiger partial charge in [-0.15, -0.1) is 11.8 Å². The van der Waals surface area contributed by atoms with Gasteiger partial charge in [0.2, 0.25) is 17.7 Å². The van der Waals surface area contributed by atoms with Crippen molar-refractivity contribution in [1.82, 2.24) is 10.2 Å². The molecule has 2 fully saturated rings. The van der Waals surface area contributed by atoms with Crippen molar-refractivity contribution in [2.45, 2.75) is 31.3 Å². The summed E-state index contributed by atoms with van der Waals surface area (Å²) in [5, 5.41) is 2.25. The van der Waals surface area contributed by atoms with Gasteiger partial charge in [-0.3, -0.25) is 24.5 Å². The fourth-order valence-corrected chi connectivity index (χ4v) is 3.54. The first-order chi connectivity index (χ1) is 11.6. The Morgan fingerprint density at radius 1 is 1.12 bits per heavy atom. The predicted molar refractivity (Wildman–Crippen MR) is 89.5 cm³/mol. The molecule has 2 aliphatic rings. The highest BCUT2D eigenvalue weighted by Gasteiger charge is 2.44. The number of rotatable bonds is 7. The summed E-state index contributed by atoms with van der Waals surface area (Å²) >= 11 is 1.24. The van der Waals surface area contributed by atoms with Crippen molar-refractivity contribution in [2.75, 3.05) is 11.5 Å². The van der Waals surface area contributed by atoms with Crippen LogP contribution in [-0.2, 0) is 14.4 Å². The summed E-state index contributed by atoms with van der Waals surface area (Å²) in [4.78, 5) is 49.3. The summed E-state index contributed by atoms with van der Waals surface area (Å²) in [6.07, 6.45) is 1.75. The van der Waals surface area contributed by atoms with Gasteiger partial charge in [0.1, 0.15) is 6.04 Å². The highest BCUT2D eigenvalue weighted by molar-refractivity contribution is 8.00. The average molecular weight is 346 g/mol. The number of amides is 3. The molecule has 0 aromatic heterocycles. The van der Waals surface area contributed by atoms with Crippen LogP contribution in [0.1, 0.15) is 29.6 Å². The summed E-state index contributed by atoms with van der Waals surface area (Å²) in [6.45, 7) is 0. The van der Waals surface area contributed by atoms with Crippen LogP contribution in [0.2, 0.25) is 0 Å². The molecule has 3 rings (SSSR count). The molecular formula is C17H18N2O4S. The Morgan fingerprint density at radius 2 is 1.83 bits per heavy atom. The Morgan fingerprint density at radius 3 is 2.42 bits per heavy atom. The van der Waals surface area contributed by atoms with E-state index in [-0.39, 0.29) is 41.6 Å². The minimum absolute atomic E-state index is 0.0276. The highest BCUT2D eigenvalue weighted by atomic mass is 32.2. The van der Waals surface area contributed by atoms with E-state index in [0.29, 0.717) is 5.56 Å². The number of ketones is 1. The van der Waals surface area contributed by atoms with Crippen LogP contribution < -0.4 is 5.32 Å². The number of Topliss-reactive ketones (excluding diaryl/α,β-unsaturated/α-hetero) is 1. The lowest BCUT2D eigenvalue weighted by Gasteiger charge is -2.26. The molecule has 1 aromatic rings. The van der Waals surface area contributed by atoms with Crippen LogP contribution in [0.4, 0.5) is 0 Å². The van der Waals surface area contributed by atoms with Gasteiger partial charge in [-0.1, -0.05) is 30.3 Å². The van der Waals surface area contributed by atoms with Crippen molar-refractivity contribution in [3.8, 4) is 0 Å². The topological polar surface area (TPSA) is 83.6 Å². The number of hydrogen-bond acceptors (Lipinski definition) is 5. The van der Waals surface area contributed by atoms with Crippen LogP contribution in [-0.4, -0.2) is 52.0 Å². The predicted octanol–water partition coefficient (Wildman–Crippen LogP) is 1.01. The number of thioether (sulfide) groups is 1. The van der Waals surface area contributed by atoms with Crippen molar-refractivity contribution in [1.29, 1.82) is 0 Å². The second kappa shape index (κ2) is 7.17. The maximum Gasteiger partial charge on any atom is 0.249 e. The molecule has 6 nitrogen and oxygen atoms in total. The van der Waals surface area contributed by atoms with Crippen molar-refractivity contribution >= 4 is 35.3 Å². The molecule has 3 amide bonds. The molecule has 0 bridgehead atoms. The molecule has 1 unspecified atom stereocenters. The highest BCUT2D eigenvalue weighted by Crippen LogP contribution is 2.31. The van der Waals surface area contributed by atoms with Gasteiger partial charge in [0.25, 0.3) is 0 Å². The maximum atomic E-state index is 12.5. The zero-order valence-electron chi connectivity index (χ0n) is 13.1. The standard InChI is InChI=1S/C17H18N2O4S/c20-14(11-4-2-1-3-5-11)9-24-10-16(22)19(12-6-7-12)13-8-15(21)18-17(13)23/h1-5,12-13H,6-10H2,(H,18,21,23). The fourth-order valence-electron chi connectivity index (χ4n) is 2.76. The molecule has 7 heteroatoms. The van der Waals surface area contributed by atoms with Gasteiger partial charge in [0.15, 0.2) is 5.78 Å². The molecule has 1 heterocycles. The van der Waals surface area contributed by atoms with Crippen LogP contribution in [0.3, 0.4) is 0 Å². The average Bonchev–Trinajstić information content (AvgIpc) is 3.34. The molecule has 1 saturated carbocycles. The quantitative estimate of drug-likeness (QED) is 0.588. The molecule has 1 aromatic carbocycles. The first kappa shape index (κ1) is 16.7. The minimum Gasteiger partial charge on any atom is -0.326 e. The first-order valence-electron chi connectivity index (χ1n) is 7.87. The van der Waals surface area contributed by atoms with E-state index in [2.05, 4.69) is 5.32 Å². The Kier molecular flexibility index (Phi) is 4.99. The van der Waals surface area contributed by atoms with Gasteiger partial charge in [-0.2, -0.15) is 0 Å². The lowest BCUT2D eigenvalue weighted by atomic mass is 10.2. The number of nitrogens with one attached hydrogen (secondary N) is 1. The number of imide groups is 1. The lowest BCUT2D eigenvalue weighted by molar-refractivity contribution is -0.137. The Balaban J connectivity index is 1.54. The van der Waals surface area contributed by atoms with E-state index in [1.165, 1.54) is 11.8 Å². The molecule has 1 aliphatic carbocycles. The van der Waals surface area contributed by atoms with E-state index in [0.717, 1.165) is 12.8 Å². The third-order valence-corrected chi connectivity index (χ3v) is 4.98. The second-order valence-corrected chi connectivity index (χ2v) is 6.93. The van der Waals surface area contributed by atoms with Gasteiger partial charge in [0.05, 0.1) is 17.9 Å². The fraction of sp³-hybridized carbons (Fsp3) is 0.412. The molecule has 1 aliphatic heterocycles. The third-order valence-electron chi connectivity index (χ3n) is 4.06. The van der Waals surface area contributed by atoms with Crippen molar-refractivity contribution in [2.24, 2.45) is 0 Å². The Bertz CT molecular complexity index is 672. The molecule has 126 valence electrons. The molecule has 24 heavy (non-hydrogen) atoms. The van der Waals surface area contributed by atoms with Gasteiger partial charge in [-0.05, 0) is 12.8 Å². The first-order valence-corrected chi connectivity index (χ1v) is 9.02. The van der Waals surface area contributed by atoms with E-state index < -0.39 is 11.9 Å². The van der Waals surface area contributed by atoms with Gasteiger partial charge >= 0.3 is 0 Å². The van der Waals surface area contributed by atoms with Gasteiger partial charge < -0.3 is 4.90 Å². The monoisotopic (exact) mass is 346 g/mol. The van der Waals surface area contributed by atoms with Crippen molar-refractivity contribution in [3.05, 3.63) is 35.9 Å². The molecular weight excluding hydrogens is 328 g/mol. The van der Waals surface area contributed by atoms with Crippen molar-refractivity contribution < 1.29 is 19.2 Å². The zero-order valence-corrected chi connectivity index (χ0v) is 13.9. The number of benzene rings is 1. The van der Waals surface area contributed by atoms with Crippen LogP contribution in [0.25, 0.3) is 0 Å². The largest absolute Gasteiger partial charge is 0.326 e. The normalized spacial score (nSPS) is 19.9. The molecule has 1 atom stereocenters. The van der Waals surface area contributed by atoms with Crippen LogP contribution in [0.5, 0.6) is 0 Å². The molecule has 0 radical (unpaired) electrons. The third kappa shape index (κ3) is 3.84. The number of carbonyl (C=O) groups is 4. The zero-order chi connectivity index (χ0) is 17.1. The van der Waals surface area contributed by atoms with E-state index in [1.54, 1.807) is 29.2 Å². The van der Waals surface area contributed by atoms with Gasteiger partial charge in [0, 0.05) is 11.6 Å². The van der Waals surface area contributed by atoms with E-state index in [4.69, 9.17) is 0 Å². The summed E-state index contributed by atoms with van der Waals surface area (Å²) in [5.41, 5.74) is 0.622. The summed E-state index contributed by atoms with van der Waals surface area (Å²) in [5.74, 6) is -0.601. The van der Waals surface area contributed by atoms with Crippen LogP contribution in [0.15, 0.2) is 30.3 Å². The number of hydrogen-bond donors (Lipinski definition) is 1. The smallest absolute Gasteiger partial charge is 0.249 e. The van der Waals surface area contributed by atoms with E-state index >= 15 is 0 Å². The number of nitrogens with zero attached hydrogens (tertiary/aromatic N) is 1. The van der Waals surface area contributed by atoms with Crippen LogP contribution >= 0.6 is 11.8 Å². The Labute approximate surface area is 144 Å². The summed E-state index contributed by atoms with van der Waals surface area (Å²) < 4.78 is 0. The van der Waals surface area contributed by atoms with Crippen molar-refractivity contribution in [3.63, 3.8) is 0 Å². The summed E-state index contributed by atoms with van der Waals surface area (Å²) in [6, 6.07) is 8.29.